The number of hydrogen-bond donors (Lipinski definition) is 2. The van der Waals surface area contributed by atoms with E-state index in [-0.39, 0.29) is 6.04 Å². The number of hydrogen-bond acceptors (Lipinski definition) is 4. The van der Waals surface area contributed by atoms with Crippen molar-refractivity contribution in [2.45, 2.75) is 19.4 Å². The fourth-order valence-corrected chi connectivity index (χ4v) is 2.35. The molecule has 0 saturated heterocycles. The monoisotopic (exact) mass is 278 g/mol. The fraction of sp³-hybridized carbons (Fsp3) is 0.176. The van der Waals surface area contributed by atoms with E-state index in [4.69, 9.17) is 5.84 Å². The molecule has 4 heteroatoms. The highest BCUT2D eigenvalue weighted by molar-refractivity contribution is 5.73. The molecule has 21 heavy (non-hydrogen) atoms. The minimum Gasteiger partial charge on any atom is -0.271 e. The molecule has 0 fully saturated rings. The van der Waals surface area contributed by atoms with Crippen molar-refractivity contribution in [1.29, 1.82) is 0 Å². The average Bonchev–Trinajstić information content (AvgIpc) is 2.54. The molecule has 0 radical (unpaired) electrons. The topological polar surface area (TPSA) is 63.8 Å². The lowest BCUT2D eigenvalue weighted by molar-refractivity contribution is 0.538. The van der Waals surface area contributed by atoms with E-state index in [2.05, 4.69) is 46.6 Å². The number of aromatic nitrogens is 2. The van der Waals surface area contributed by atoms with Gasteiger partial charge in [-0.15, -0.1) is 0 Å². The fourth-order valence-electron chi connectivity index (χ4n) is 2.35. The Bertz CT molecular complexity index is 737. The van der Waals surface area contributed by atoms with E-state index in [1.807, 2.05) is 24.3 Å². The largest absolute Gasteiger partial charge is 0.271 e. The third-order valence-corrected chi connectivity index (χ3v) is 3.59. The van der Waals surface area contributed by atoms with Crippen molar-refractivity contribution < 1.29 is 0 Å². The van der Waals surface area contributed by atoms with Gasteiger partial charge in [-0.2, -0.15) is 0 Å². The Kier molecular flexibility index (Phi) is 3.90. The molecule has 3 rings (SSSR count). The number of hydrazine groups is 1. The number of benzene rings is 2. The van der Waals surface area contributed by atoms with Crippen molar-refractivity contribution >= 4 is 11.0 Å². The van der Waals surface area contributed by atoms with Crippen LogP contribution in [0.1, 0.15) is 22.9 Å². The third-order valence-electron chi connectivity index (χ3n) is 3.59. The quantitative estimate of drug-likeness (QED) is 0.569. The van der Waals surface area contributed by atoms with Crippen molar-refractivity contribution in [3.63, 3.8) is 0 Å². The molecular formula is C17H18N4. The lowest BCUT2D eigenvalue weighted by Gasteiger charge is -2.15. The summed E-state index contributed by atoms with van der Waals surface area (Å²) in [5.41, 5.74) is 7.96. The molecular weight excluding hydrogens is 260 g/mol. The van der Waals surface area contributed by atoms with Crippen LogP contribution in [0.4, 0.5) is 0 Å². The maximum atomic E-state index is 5.71. The number of para-hydroxylation sites is 2. The summed E-state index contributed by atoms with van der Waals surface area (Å²) >= 11 is 0. The van der Waals surface area contributed by atoms with Crippen LogP contribution < -0.4 is 11.3 Å². The van der Waals surface area contributed by atoms with Gasteiger partial charge in [0.15, 0.2) is 0 Å². The van der Waals surface area contributed by atoms with Gasteiger partial charge in [0.05, 0.1) is 29.0 Å². The number of nitrogens with zero attached hydrogens (tertiary/aromatic N) is 2. The van der Waals surface area contributed by atoms with Crippen LogP contribution in [0.3, 0.4) is 0 Å². The van der Waals surface area contributed by atoms with Crippen LogP contribution >= 0.6 is 0 Å². The second-order valence-corrected chi connectivity index (χ2v) is 5.19. The molecule has 0 bridgehead atoms. The van der Waals surface area contributed by atoms with Crippen LogP contribution in [-0.4, -0.2) is 9.97 Å². The Labute approximate surface area is 124 Å². The molecule has 0 aliphatic rings. The molecule has 1 atom stereocenters. The van der Waals surface area contributed by atoms with Gasteiger partial charge in [-0.05, 0) is 31.0 Å². The first kappa shape index (κ1) is 13.7. The van der Waals surface area contributed by atoms with Gasteiger partial charge in [-0.25, -0.2) is 4.98 Å². The first-order valence-electron chi connectivity index (χ1n) is 6.99. The molecule has 1 unspecified atom stereocenters. The van der Waals surface area contributed by atoms with Gasteiger partial charge in [-0.3, -0.25) is 16.3 Å². The Morgan fingerprint density at radius 1 is 1.05 bits per heavy atom. The van der Waals surface area contributed by atoms with E-state index in [0.717, 1.165) is 23.1 Å². The summed E-state index contributed by atoms with van der Waals surface area (Å²) in [4.78, 5) is 9.10. The van der Waals surface area contributed by atoms with E-state index in [9.17, 15) is 0 Å². The van der Waals surface area contributed by atoms with E-state index >= 15 is 0 Å². The summed E-state index contributed by atoms with van der Waals surface area (Å²) in [5, 5.41) is 0. The molecule has 3 N–H and O–H groups in total. The average molecular weight is 278 g/mol. The Hall–Kier alpha value is -2.30. The number of nitrogens with one attached hydrogen (secondary N) is 1. The van der Waals surface area contributed by atoms with E-state index < -0.39 is 0 Å². The maximum absolute atomic E-state index is 5.71. The number of rotatable bonds is 4. The predicted octanol–water partition coefficient (Wildman–Crippen LogP) is 2.69. The molecule has 1 aromatic heterocycles. The molecule has 1 heterocycles. The van der Waals surface area contributed by atoms with Crippen LogP contribution in [0.15, 0.2) is 54.7 Å². The first-order valence-corrected chi connectivity index (χ1v) is 6.99. The van der Waals surface area contributed by atoms with Gasteiger partial charge >= 0.3 is 0 Å². The lowest BCUT2D eigenvalue weighted by atomic mass is 10.0. The number of aryl methyl sites for hydroxylation is 1. The van der Waals surface area contributed by atoms with Gasteiger partial charge in [0, 0.05) is 0 Å². The van der Waals surface area contributed by atoms with Crippen molar-refractivity contribution in [1.82, 2.24) is 15.4 Å². The van der Waals surface area contributed by atoms with E-state index in [0.29, 0.717) is 0 Å². The van der Waals surface area contributed by atoms with Gasteiger partial charge in [0.1, 0.15) is 0 Å². The van der Waals surface area contributed by atoms with Crippen molar-refractivity contribution in [2.75, 3.05) is 0 Å². The van der Waals surface area contributed by atoms with E-state index in [1.165, 1.54) is 11.1 Å². The Balaban J connectivity index is 1.88. The van der Waals surface area contributed by atoms with Crippen LogP contribution in [0.2, 0.25) is 0 Å². The molecule has 2 aromatic carbocycles. The van der Waals surface area contributed by atoms with Crippen LogP contribution in [-0.2, 0) is 6.42 Å². The van der Waals surface area contributed by atoms with Crippen LogP contribution in [0.25, 0.3) is 11.0 Å². The highest BCUT2D eigenvalue weighted by Crippen LogP contribution is 2.18. The van der Waals surface area contributed by atoms with Crippen molar-refractivity contribution in [3.8, 4) is 0 Å². The molecule has 0 spiro atoms. The SMILES string of the molecule is Cc1ccc(CC(NN)c2cnc3ccccc3n2)cc1. The summed E-state index contributed by atoms with van der Waals surface area (Å²) in [5.74, 6) is 5.71. The molecule has 0 amide bonds. The summed E-state index contributed by atoms with van der Waals surface area (Å²) in [6.07, 6.45) is 2.57. The summed E-state index contributed by atoms with van der Waals surface area (Å²) < 4.78 is 0. The van der Waals surface area contributed by atoms with Crippen LogP contribution in [0, 0.1) is 6.92 Å². The Morgan fingerprint density at radius 2 is 1.76 bits per heavy atom. The van der Waals surface area contributed by atoms with Gasteiger partial charge in [0.25, 0.3) is 0 Å². The first-order chi connectivity index (χ1) is 10.3. The van der Waals surface area contributed by atoms with Gasteiger partial charge in [0.2, 0.25) is 0 Å². The molecule has 0 aliphatic heterocycles. The minimum absolute atomic E-state index is 0.0511. The zero-order valence-electron chi connectivity index (χ0n) is 12.0. The standard InChI is InChI=1S/C17H18N4/c1-12-6-8-13(9-7-12)10-16(21-18)17-11-19-14-4-2-3-5-15(14)20-17/h2-9,11,16,21H,10,18H2,1H3. The molecule has 0 aliphatic carbocycles. The second-order valence-electron chi connectivity index (χ2n) is 5.19. The highest BCUT2D eigenvalue weighted by Gasteiger charge is 2.13. The maximum Gasteiger partial charge on any atom is 0.0890 e. The lowest BCUT2D eigenvalue weighted by Crippen LogP contribution is -2.30. The summed E-state index contributed by atoms with van der Waals surface area (Å²) in [6.45, 7) is 2.08. The smallest absolute Gasteiger partial charge is 0.0890 e. The Morgan fingerprint density at radius 3 is 2.48 bits per heavy atom. The third kappa shape index (κ3) is 3.07. The molecule has 106 valence electrons. The van der Waals surface area contributed by atoms with Crippen molar-refractivity contribution in [2.24, 2.45) is 5.84 Å². The normalized spacial score (nSPS) is 12.5. The van der Waals surface area contributed by atoms with E-state index in [1.54, 1.807) is 6.20 Å². The number of fused-ring (bicyclic) bond motifs is 1. The zero-order chi connectivity index (χ0) is 14.7. The number of nitrogens with two attached hydrogens (primary N) is 1. The second kappa shape index (κ2) is 5.99. The summed E-state index contributed by atoms with van der Waals surface area (Å²) in [6, 6.07) is 16.2. The molecule has 3 aromatic rings. The highest BCUT2D eigenvalue weighted by atomic mass is 15.2. The van der Waals surface area contributed by atoms with Gasteiger partial charge < -0.3 is 0 Å². The van der Waals surface area contributed by atoms with Gasteiger partial charge in [-0.1, -0.05) is 42.0 Å². The minimum atomic E-state index is -0.0511. The molecule has 0 saturated carbocycles. The summed E-state index contributed by atoms with van der Waals surface area (Å²) in [7, 11) is 0. The molecule has 4 nitrogen and oxygen atoms in total. The zero-order valence-corrected chi connectivity index (χ0v) is 12.0. The predicted molar refractivity (Wildman–Crippen MR) is 84.5 cm³/mol. The van der Waals surface area contributed by atoms with Crippen molar-refractivity contribution in [3.05, 3.63) is 71.5 Å². The van der Waals surface area contributed by atoms with Crippen LogP contribution in [0.5, 0.6) is 0 Å².